The van der Waals surface area contributed by atoms with Crippen LogP contribution in [0.15, 0.2) is 65.8 Å². The maximum Gasteiger partial charge on any atom is 0.264 e. The van der Waals surface area contributed by atoms with Crippen molar-refractivity contribution in [3.63, 3.8) is 0 Å². The summed E-state index contributed by atoms with van der Waals surface area (Å²) >= 11 is 0. The van der Waals surface area contributed by atoms with Gasteiger partial charge in [-0.15, -0.1) is 0 Å². The Kier molecular flexibility index (Phi) is 3.96. The molecule has 0 N–H and O–H groups in total. The third-order valence-corrected chi connectivity index (χ3v) is 4.12. The summed E-state index contributed by atoms with van der Waals surface area (Å²) in [5, 5.41) is 4.68. The van der Waals surface area contributed by atoms with E-state index in [2.05, 4.69) is 10.1 Å². The van der Waals surface area contributed by atoms with Gasteiger partial charge < -0.3 is 4.74 Å². The van der Waals surface area contributed by atoms with Crippen molar-refractivity contribution < 1.29 is 9.13 Å². The highest BCUT2D eigenvalue weighted by Gasteiger charge is 2.12. The fourth-order valence-corrected chi connectivity index (χ4v) is 2.82. The Morgan fingerprint density at radius 1 is 1.15 bits per heavy atom. The Morgan fingerprint density at radius 2 is 1.96 bits per heavy atom. The molecule has 2 aromatic carbocycles. The quantitative estimate of drug-likeness (QED) is 0.568. The minimum Gasteiger partial charge on any atom is -0.494 e. The normalized spacial score (nSPS) is 11.0. The van der Waals surface area contributed by atoms with Crippen LogP contribution in [-0.2, 0) is 6.54 Å². The van der Waals surface area contributed by atoms with Crippen molar-refractivity contribution >= 4 is 11.0 Å². The molecule has 4 aromatic rings. The van der Waals surface area contributed by atoms with E-state index in [0.717, 1.165) is 5.69 Å². The van der Waals surface area contributed by atoms with Crippen LogP contribution in [0.1, 0.15) is 5.56 Å². The Balaban J connectivity index is 1.73. The molecule has 130 valence electrons. The highest BCUT2D eigenvalue weighted by atomic mass is 19.1. The number of para-hydroxylation sites is 1. The molecule has 0 saturated carbocycles. The third kappa shape index (κ3) is 2.73. The lowest BCUT2D eigenvalue weighted by molar-refractivity contribution is 0.386. The van der Waals surface area contributed by atoms with Gasteiger partial charge in [0.2, 0.25) is 0 Å². The zero-order valence-electron chi connectivity index (χ0n) is 14.0. The molecule has 2 heterocycles. The van der Waals surface area contributed by atoms with E-state index in [4.69, 9.17) is 4.74 Å². The molecule has 0 spiro atoms. The number of nitrogens with zero attached hydrogens (tertiary/aromatic N) is 4. The first-order chi connectivity index (χ1) is 12.7. The fourth-order valence-electron chi connectivity index (χ4n) is 2.82. The van der Waals surface area contributed by atoms with Gasteiger partial charge in [0.25, 0.3) is 5.56 Å². The summed E-state index contributed by atoms with van der Waals surface area (Å²) in [5.74, 6) is -0.303. The maximum atomic E-state index is 13.9. The van der Waals surface area contributed by atoms with Gasteiger partial charge in [-0.2, -0.15) is 5.10 Å². The highest BCUT2D eigenvalue weighted by molar-refractivity contribution is 5.74. The second-order valence-electron chi connectivity index (χ2n) is 5.78. The summed E-state index contributed by atoms with van der Waals surface area (Å²) in [5.41, 5.74) is 1.72. The molecule has 0 aliphatic rings. The van der Waals surface area contributed by atoms with Gasteiger partial charge in [-0.05, 0) is 29.8 Å². The molecule has 0 bridgehead atoms. The van der Waals surface area contributed by atoms with E-state index >= 15 is 0 Å². The highest BCUT2D eigenvalue weighted by Crippen LogP contribution is 2.18. The standard InChI is InChI=1S/C19H15FN4O2/c1-26-17-8-7-13(9-16(17)20)11-23-12-21-18-15(19(23)25)10-22-24(18)14-5-3-2-4-6-14/h2-10,12H,11H2,1H3. The van der Waals surface area contributed by atoms with Crippen LogP contribution in [0.3, 0.4) is 0 Å². The first-order valence-electron chi connectivity index (χ1n) is 7.98. The topological polar surface area (TPSA) is 61.9 Å². The van der Waals surface area contributed by atoms with Crippen molar-refractivity contribution in [3.8, 4) is 11.4 Å². The molecular formula is C19H15FN4O2. The maximum absolute atomic E-state index is 13.9. The van der Waals surface area contributed by atoms with E-state index in [-0.39, 0.29) is 17.9 Å². The van der Waals surface area contributed by atoms with Crippen molar-refractivity contribution in [3.05, 3.63) is 82.8 Å². The van der Waals surface area contributed by atoms with Gasteiger partial charge in [0.1, 0.15) is 11.7 Å². The minimum atomic E-state index is -0.469. The Labute approximate surface area is 148 Å². The smallest absolute Gasteiger partial charge is 0.264 e. The van der Waals surface area contributed by atoms with Crippen molar-refractivity contribution in [1.29, 1.82) is 0 Å². The van der Waals surface area contributed by atoms with Crippen molar-refractivity contribution in [2.24, 2.45) is 0 Å². The van der Waals surface area contributed by atoms with E-state index in [0.29, 0.717) is 16.6 Å². The predicted molar refractivity (Wildman–Crippen MR) is 95.2 cm³/mol. The number of hydrogen-bond acceptors (Lipinski definition) is 4. The zero-order valence-corrected chi connectivity index (χ0v) is 14.0. The molecule has 0 atom stereocenters. The molecule has 0 saturated heterocycles. The lowest BCUT2D eigenvalue weighted by Crippen LogP contribution is -2.21. The van der Waals surface area contributed by atoms with Crippen LogP contribution in [0.25, 0.3) is 16.7 Å². The second kappa shape index (κ2) is 6.44. The molecule has 0 amide bonds. The summed E-state index contributed by atoms with van der Waals surface area (Å²) in [4.78, 5) is 17.1. The lowest BCUT2D eigenvalue weighted by atomic mass is 10.2. The number of aromatic nitrogens is 4. The molecule has 2 aromatic heterocycles. The molecule has 26 heavy (non-hydrogen) atoms. The number of fused-ring (bicyclic) bond motifs is 1. The van der Waals surface area contributed by atoms with Gasteiger partial charge in [-0.25, -0.2) is 14.1 Å². The first kappa shape index (κ1) is 16.0. The average Bonchev–Trinajstić information content (AvgIpc) is 3.10. The van der Waals surface area contributed by atoms with Crippen LogP contribution in [-0.4, -0.2) is 26.4 Å². The van der Waals surface area contributed by atoms with Crippen molar-refractivity contribution in [2.75, 3.05) is 7.11 Å². The second-order valence-corrected chi connectivity index (χ2v) is 5.78. The summed E-state index contributed by atoms with van der Waals surface area (Å²) in [7, 11) is 1.41. The van der Waals surface area contributed by atoms with Crippen LogP contribution in [0.5, 0.6) is 5.75 Å². The number of rotatable bonds is 4. The van der Waals surface area contributed by atoms with Gasteiger partial charge in [0.15, 0.2) is 17.2 Å². The molecule has 0 radical (unpaired) electrons. The average molecular weight is 350 g/mol. The zero-order chi connectivity index (χ0) is 18.1. The Morgan fingerprint density at radius 3 is 2.69 bits per heavy atom. The fraction of sp³-hybridized carbons (Fsp3) is 0.105. The van der Waals surface area contributed by atoms with Gasteiger partial charge in [-0.3, -0.25) is 9.36 Å². The largest absolute Gasteiger partial charge is 0.494 e. The Bertz CT molecular complexity index is 1140. The van der Waals surface area contributed by atoms with Crippen LogP contribution in [0.4, 0.5) is 4.39 Å². The van der Waals surface area contributed by atoms with E-state index in [1.807, 2.05) is 30.3 Å². The van der Waals surface area contributed by atoms with Crippen molar-refractivity contribution in [1.82, 2.24) is 19.3 Å². The molecule has 0 aliphatic heterocycles. The van der Waals surface area contributed by atoms with Crippen LogP contribution >= 0.6 is 0 Å². The SMILES string of the molecule is COc1ccc(Cn2cnc3c(cnn3-c3ccccc3)c2=O)cc1F. The number of benzene rings is 2. The summed E-state index contributed by atoms with van der Waals surface area (Å²) in [6, 6.07) is 14.1. The number of halogens is 1. The van der Waals surface area contributed by atoms with Gasteiger partial charge in [-0.1, -0.05) is 24.3 Å². The van der Waals surface area contributed by atoms with Gasteiger partial charge in [0.05, 0.1) is 25.5 Å². The van der Waals surface area contributed by atoms with E-state index in [1.165, 1.54) is 36.3 Å². The summed E-state index contributed by atoms with van der Waals surface area (Å²) < 4.78 is 21.8. The lowest BCUT2D eigenvalue weighted by Gasteiger charge is -2.08. The van der Waals surface area contributed by atoms with Gasteiger partial charge >= 0.3 is 0 Å². The van der Waals surface area contributed by atoms with E-state index in [1.54, 1.807) is 10.7 Å². The molecular weight excluding hydrogens is 335 g/mol. The molecule has 4 rings (SSSR count). The monoisotopic (exact) mass is 350 g/mol. The van der Waals surface area contributed by atoms with Gasteiger partial charge in [0, 0.05) is 0 Å². The molecule has 7 heteroatoms. The minimum absolute atomic E-state index is 0.166. The van der Waals surface area contributed by atoms with Crippen molar-refractivity contribution in [2.45, 2.75) is 6.54 Å². The summed E-state index contributed by atoms with van der Waals surface area (Å²) in [6.07, 6.45) is 2.96. The van der Waals surface area contributed by atoms with E-state index < -0.39 is 5.82 Å². The molecule has 0 aliphatic carbocycles. The van der Waals surface area contributed by atoms with Crippen LogP contribution in [0.2, 0.25) is 0 Å². The number of methoxy groups -OCH3 is 1. The first-order valence-corrected chi connectivity index (χ1v) is 7.98. The molecule has 6 nitrogen and oxygen atoms in total. The van der Waals surface area contributed by atoms with E-state index in [9.17, 15) is 9.18 Å². The third-order valence-electron chi connectivity index (χ3n) is 4.12. The molecule has 0 fully saturated rings. The number of ether oxygens (including phenoxy) is 1. The Hall–Kier alpha value is -3.48. The molecule has 0 unspecified atom stereocenters. The number of hydrogen-bond donors (Lipinski definition) is 0. The van der Waals surface area contributed by atoms with Crippen LogP contribution < -0.4 is 10.3 Å². The van der Waals surface area contributed by atoms with Crippen LogP contribution in [0, 0.1) is 5.82 Å². The summed E-state index contributed by atoms with van der Waals surface area (Å²) in [6.45, 7) is 0.208. The predicted octanol–water partition coefficient (Wildman–Crippen LogP) is 2.78.